The van der Waals surface area contributed by atoms with Gasteiger partial charge >= 0.3 is 30.0 Å². The predicted octanol–water partition coefficient (Wildman–Crippen LogP) is 0.131. The SMILES string of the molecule is [C-]#[N+][C@@H]1CC(F)(F)CN1C(=O)CNC(=O)c1ccnc2ccc(OCCCCNC(=O)CC[C@@H](NC(=O)[C@H](CCC(=O)N[C@H](CCC(=O)NCCCCOc3ccc4nccc(C(=O)NCC(=O)N5CC(F)(F)C[C@H]5C#N)c4c3)C(=O)O)NC(=O)CCC(C(=O)O)N3CCN(COC=O)CCN(COC=O)CCN(CC(=O)O)CC3)C(=O)O)cc12. The molecular formula is C76H95F4N17O23. The Labute approximate surface area is 684 Å². The van der Waals surface area contributed by atoms with Crippen molar-refractivity contribution >= 4 is 112 Å². The zero-order valence-electron chi connectivity index (χ0n) is 65.3. The Morgan fingerprint density at radius 1 is 0.550 bits per heavy atom. The maximum absolute atomic E-state index is 14.2. The second-order valence-corrected chi connectivity index (χ2v) is 28.4. The van der Waals surface area contributed by atoms with Crippen LogP contribution in [0.3, 0.4) is 0 Å². The van der Waals surface area contributed by atoms with Crippen molar-refractivity contribution < 1.29 is 129 Å². The Kier molecular flexibility index (Phi) is 37.2. The number of carbonyl (C=O) groups is 15. The third-order valence-corrected chi connectivity index (χ3v) is 19.6. The number of nitrogens with zero attached hydrogens (tertiary/aromatic N) is 10. The van der Waals surface area contributed by atoms with Gasteiger partial charge in [0.15, 0.2) is 0 Å². The Bertz CT molecular complexity index is 4410. The highest BCUT2D eigenvalue weighted by Gasteiger charge is 2.51. The van der Waals surface area contributed by atoms with E-state index in [1.165, 1.54) is 46.5 Å². The minimum Gasteiger partial charge on any atom is -0.494 e. The fraction of sp³-hybridized carbons (Fsp3) is 0.539. The number of benzene rings is 2. The maximum Gasteiger partial charge on any atom is 0.326 e. The van der Waals surface area contributed by atoms with Crippen LogP contribution < -0.4 is 46.7 Å². The summed E-state index contributed by atoms with van der Waals surface area (Å²) in [4.78, 5) is 212. The normalized spacial score (nSPS) is 17.4. The van der Waals surface area contributed by atoms with Gasteiger partial charge in [0.05, 0.1) is 74.2 Å². The van der Waals surface area contributed by atoms with Gasteiger partial charge in [-0.05, 0) is 99.9 Å². The molecule has 4 aromatic rings. The van der Waals surface area contributed by atoms with E-state index in [1.54, 1.807) is 40.1 Å². The van der Waals surface area contributed by atoms with E-state index in [1.807, 2.05) is 0 Å². The highest BCUT2D eigenvalue weighted by atomic mass is 19.3. The number of nitrogens with one attached hydrogen (secondary N) is 7. The zero-order chi connectivity index (χ0) is 87.5. The van der Waals surface area contributed by atoms with E-state index in [4.69, 9.17) is 25.5 Å². The van der Waals surface area contributed by atoms with Gasteiger partial charge in [-0.2, -0.15) is 5.26 Å². The molecule has 9 amide bonds. The van der Waals surface area contributed by atoms with Gasteiger partial charge in [0, 0.05) is 121 Å². The number of likely N-dealkylation sites (tertiary alicyclic amines) is 2. The topological polar surface area (TPSA) is 531 Å². The molecule has 0 bridgehead atoms. The van der Waals surface area contributed by atoms with Gasteiger partial charge in [-0.25, -0.2) is 33.7 Å². The third kappa shape index (κ3) is 30.7. The minimum absolute atomic E-state index is 0.0257. The predicted molar refractivity (Wildman–Crippen MR) is 408 cm³/mol. The monoisotopic (exact) mass is 1690 g/mol. The van der Waals surface area contributed by atoms with E-state index in [2.05, 4.69) is 52.0 Å². The molecule has 650 valence electrons. The van der Waals surface area contributed by atoms with Gasteiger partial charge in [0.25, 0.3) is 36.6 Å². The number of amides is 9. The lowest BCUT2D eigenvalue weighted by Gasteiger charge is -2.35. The Morgan fingerprint density at radius 2 is 0.992 bits per heavy atom. The lowest BCUT2D eigenvalue weighted by molar-refractivity contribution is -0.145. The molecule has 6 atom stereocenters. The van der Waals surface area contributed by atoms with Crippen molar-refractivity contribution in [3.05, 3.63) is 83.5 Å². The number of alkyl halides is 4. The third-order valence-electron chi connectivity index (χ3n) is 19.6. The van der Waals surface area contributed by atoms with Crippen molar-refractivity contribution in [2.75, 3.05) is 125 Å². The van der Waals surface area contributed by atoms with Gasteiger partial charge in [0.2, 0.25) is 41.4 Å². The highest BCUT2D eigenvalue weighted by molar-refractivity contribution is 6.08. The van der Waals surface area contributed by atoms with Crippen molar-refractivity contribution in [1.82, 2.24) is 76.6 Å². The first-order valence-electron chi connectivity index (χ1n) is 38.3. The van der Waals surface area contributed by atoms with E-state index in [0.29, 0.717) is 63.9 Å². The number of hydrogen-bond acceptors (Lipinski definition) is 26. The molecule has 3 saturated heterocycles. The summed E-state index contributed by atoms with van der Waals surface area (Å²) in [6.07, 6.45) is -3.21. The van der Waals surface area contributed by atoms with Gasteiger partial charge in [-0.15, -0.1) is 0 Å². The molecule has 2 aromatic carbocycles. The first-order chi connectivity index (χ1) is 57.3. The van der Waals surface area contributed by atoms with Gasteiger partial charge in [0.1, 0.15) is 61.6 Å². The molecule has 3 fully saturated rings. The smallest absolute Gasteiger partial charge is 0.326 e. The maximum atomic E-state index is 14.2. The number of ether oxygens (including phenoxy) is 4. The average molecular weight is 1690 g/mol. The van der Waals surface area contributed by atoms with Crippen LogP contribution in [0.25, 0.3) is 26.7 Å². The number of fused-ring (bicyclic) bond motifs is 2. The summed E-state index contributed by atoms with van der Waals surface area (Å²) < 4.78 is 77.6. The first-order valence-corrected chi connectivity index (χ1v) is 38.3. The molecule has 0 saturated carbocycles. The summed E-state index contributed by atoms with van der Waals surface area (Å²) in [7, 11) is 0. The lowest BCUT2D eigenvalue weighted by Crippen LogP contribution is -2.53. The van der Waals surface area contributed by atoms with Gasteiger partial charge in [-0.3, -0.25) is 102 Å². The van der Waals surface area contributed by atoms with Crippen molar-refractivity contribution in [3.8, 4) is 17.6 Å². The number of aromatic nitrogens is 2. The number of unbranched alkanes of at least 4 members (excludes halogenated alkanes) is 2. The summed E-state index contributed by atoms with van der Waals surface area (Å²) in [6.45, 7) is 4.48. The quantitative estimate of drug-likeness (QED) is 0.0121. The summed E-state index contributed by atoms with van der Waals surface area (Å²) in [5.74, 6) is -19.3. The van der Waals surface area contributed by atoms with Crippen molar-refractivity contribution in [2.45, 2.75) is 138 Å². The molecule has 5 heterocycles. The molecule has 120 heavy (non-hydrogen) atoms. The van der Waals surface area contributed by atoms with Crippen molar-refractivity contribution in [3.63, 3.8) is 0 Å². The fourth-order valence-corrected chi connectivity index (χ4v) is 13.2. The number of rotatable bonds is 46. The number of pyridine rings is 2. The van der Waals surface area contributed by atoms with Crippen LogP contribution in [-0.4, -0.2) is 323 Å². The van der Waals surface area contributed by atoms with E-state index in [-0.39, 0.29) is 116 Å². The van der Waals surface area contributed by atoms with Gasteiger partial charge in [-0.1, -0.05) is 0 Å². The Hall–Kier alpha value is -12.5. The van der Waals surface area contributed by atoms with Crippen LogP contribution in [0.15, 0.2) is 60.9 Å². The summed E-state index contributed by atoms with van der Waals surface area (Å²) >= 11 is 0. The first kappa shape index (κ1) is 94.6. The molecule has 44 heteroatoms. The zero-order valence-corrected chi connectivity index (χ0v) is 65.3. The van der Waals surface area contributed by atoms with Crippen LogP contribution >= 0.6 is 0 Å². The standard InChI is InChI=1S/C76H95F4N17O23/c1-82-61-37-76(79,80)43-97(61)67(105)40-88-70(109)52-19-23-84-56-9-7-50(35-54(52)56)120-33-5-3-21-86-63(101)15-12-59(73(113)114)91-71(110)57(89-65(103)17-13-60(74(115)116)95-30-28-92(41-68(106)107)24-25-93(44-117-46-98)26-27-94(29-31-95)45-118-47-99)10-16-64(102)90-58(72(111)112)11-14-62(100)85-20-2-4-32-119-49-6-8-55-53(34-49)51(18-22-83-55)69(108)87-39-66(104)96-42-75(77,78)36-48(96)38-81/h6-9,18-19,22-23,34-35,46-48,57-61H,2-5,10-17,20-21,24-33,36-37,39-45H2,(H,85,100)(H,86,101)(H,87,108)(H,88,109)(H,89,103)(H,90,102)(H,91,110)(H,106,107)(H,111,112)(H,113,114)(H,115,116)/t48-,57-,58+,59+,60?,61-/m0/s1. The van der Waals surface area contributed by atoms with E-state index in [9.17, 15) is 115 Å². The Balaban J connectivity index is 0.922. The number of carboxylic acids is 4. The van der Waals surface area contributed by atoms with Crippen molar-refractivity contribution in [1.29, 1.82) is 5.26 Å². The number of carboxylic acid groups (broad SMARTS) is 4. The lowest BCUT2D eigenvalue weighted by atomic mass is 10.1. The van der Waals surface area contributed by atoms with Crippen LogP contribution in [0, 0.1) is 17.9 Å². The van der Waals surface area contributed by atoms with Crippen LogP contribution in [0.5, 0.6) is 11.5 Å². The molecule has 11 N–H and O–H groups in total. The summed E-state index contributed by atoms with van der Waals surface area (Å²) in [5.41, 5.74) is 0.930. The number of nitriles is 1. The average Bonchev–Trinajstić information content (AvgIpc) is 1.40. The molecule has 2 aromatic heterocycles. The van der Waals surface area contributed by atoms with Crippen LogP contribution in [0.1, 0.15) is 111 Å². The largest absolute Gasteiger partial charge is 0.494 e. The van der Waals surface area contributed by atoms with Gasteiger partial charge < -0.3 is 81.5 Å². The summed E-state index contributed by atoms with van der Waals surface area (Å²) in [6, 6.07) is 5.70. The molecule has 7 rings (SSSR count). The molecule has 0 aliphatic carbocycles. The second-order valence-electron chi connectivity index (χ2n) is 28.4. The van der Waals surface area contributed by atoms with E-state index in [0.717, 1.165) is 4.90 Å². The van der Waals surface area contributed by atoms with E-state index < -0.39 is 222 Å². The second kappa shape index (κ2) is 47.1. The highest BCUT2D eigenvalue weighted by Crippen LogP contribution is 2.34. The number of carbonyl (C=O) groups excluding carboxylic acids is 11. The number of aliphatic carboxylic acids is 4. The molecule has 40 nitrogen and oxygen atoms in total. The Morgan fingerprint density at radius 3 is 1.48 bits per heavy atom. The van der Waals surface area contributed by atoms with Crippen LogP contribution in [0.4, 0.5) is 17.6 Å². The van der Waals surface area contributed by atoms with E-state index >= 15 is 0 Å². The summed E-state index contributed by atoms with van der Waals surface area (Å²) in [5, 5.41) is 67.9. The molecule has 0 spiro atoms. The molecule has 0 radical (unpaired) electrons. The molecule has 3 aliphatic heterocycles. The van der Waals surface area contributed by atoms with Crippen molar-refractivity contribution in [2.24, 2.45) is 0 Å². The molecule has 3 aliphatic rings. The van der Waals surface area contributed by atoms with Crippen LogP contribution in [-0.2, 0) is 71.8 Å². The molecular weight excluding hydrogens is 1590 g/mol. The fourth-order valence-electron chi connectivity index (χ4n) is 13.2. The number of hydrogen-bond donors (Lipinski definition) is 11. The molecule has 1 unspecified atom stereocenters. The number of halogens is 4. The van der Waals surface area contributed by atoms with Crippen LogP contribution in [0.2, 0.25) is 0 Å². The minimum atomic E-state index is -3.25.